The Bertz CT molecular complexity index is 1250. The summed E-state index contributed by atoms with van der Waals surface area (Å²) in [6.45, 7) is 3.42. The van der Waals surface area contributed by atoms with Crippen LogP contribution in [0.4, 0.5) is 0 Å². The predicted octanol–water partition coefficient (Wildman–Crippen LogP) is -0.0777. The number of Topliss-reactive ketones (excluding diaryl/α,β-unsaturated/α-hetero) is 2. The molecule has 0 saturated heterocycles. The predicted molar refractivity (Wildman–Crippen MR) is 192 cm³/mol. The number of carboxylic acid groups (broad SMARTS) is 2. The van der Waals surface area contributed by atoms with Gasteiger partial charge in [0.05, 0.1) is 45.9 Å². The number of H-pyrrole nitrogens is 1. The molecule has 19 nitrogen and oxygen atoms in total. The number of aromatic amines is 1. The number of aromatic nitrogens is 2. The first-order valence-electron chi connectivity index (χ1n) is 18.3. The molecule has 1 heterocycles. The third-order valence-electron chi connectivity index (χ3n) is 7.66. The number of imidazole rings is 1. The molecule has 0 unspecified atom stereocenters. The van der Waals surface area contributed by atoms with Gasteiger partial charge < -0.3 is 50.1 Å². The largest absolute Gasteiger partial charge is 0.480 e. The summed E-state index contributed by atoms with van der Waals surface area (Å²) in [5.74, 6) is -3.40. The van der Waals surface area contributed by atoms with E-state index in [2.05, 4.69) is 31.2 Å². The second-order valence-corrected chi connectivity index (χ2v) is 12.3. The van der Waals surface area contributed by atoms with Crippen LogP contribution in [0.3, 0.4) is 0 Å². The molecule has 306 valence electrons. The topological polar surface area (TPSA) is 274 Å². The van der Waals surface area contributed by atoms with Crippen LogP contribution in [0.25, 0.3) is 0 Å². The monoisotopic (exact) mass is 770 g/mol. The zero-order valence-corrected chi connectivity index (χ0v) is 31.2. The summed E-state index contributed by atoms with van der Waals surface area (Å²) < 4.78 is 21.3. The van der Waals surface area contributed by atoms with Crippen LogP contribution in [0.1, 0.15) is 76.8 Å². The smallest absolute Gasteiger partial charge is 0.326 e. The Morgan fingerprint density at radius 3 is 1.96 bits per heavy atom. The molecule has 0 aliphatic heterocycles. The minimum atomic E-state index is -1.17. The molecule has 0 spiro atoms. The third kappa shape index (κ3) is 26.5. The number of unbranched alkanes of at least 4 members (excludes halogenated alkanes) is 1. The lowest BCUT2D eigenvalue weighted by Crippen LogP contribution is -2.40. The zero-order chi connectivity index (χ0) is 39.8. The molecule has 0 bridgehead atoms. The third-order valence-corrected chi connectivity index (χ3v) is 7.66. The standard InChI is InChI=1S/C35H58N6O13/c1-2-6-31(44)41-30(35(49)50)12-11-27(42)7-5-15-51-17-19-53-24-33(46)38-14-16-52-18-20-54-23-32(45)37-13-4-3-8-29(34(47)48)39-22-28(43)10-9-26-21-36-25-40-26/h21,25,29-30,39H,2-20,22-24H2,1H3,(H,36,40)(H,37,45)(H,38,46)(H,41,44)(H,47,48)(H,49,50)/t29-,30-/m0/s1. The maximum Gasteiger partial charge on any atom is 0.326 e. The Morgan fingerprint density at radius 2 is 1.33 bits per heavy atom. The molecule has 1 aromatic rings. The van der Waals surface area contributed by atoms with Gasteiger partial charge in [0.2, 0.25) is 17.7 Å². The lowest BCUT2D eigenvalue weighted by atomic mass is 10.1. The Morgan fingerprint density at radius 1 is 0.685 bits per heavy atom. The van der Waals surface area contributed by atoms with Crippen molar-refractivity contribution in [2.24, 2.45) is 0 Å². The fourth-order valence-electron chi connectivity index (χ4n) is 4.72. The van der Waals surface area contributed by atoms with Crippen molar-refractivity contribution in [1.82, 2.24) is 31.2 Å². The van der Waals surface area contributed by atoms with Gasteiger partial charge in [-0.25, -0.2) is 9.78 Å². The minimum Gasteiger partial charge on any atom is -0.480 e. The molecular weight excluding hydrogens is 712 g/mol. The minimum absolute atomic E-state index is 0.0344. The number of rotatable bonds is 36. The van der Waals surface area contributed by atoms with Crippen LogP contribution >= 0.6 is 0 Å². The van der Waals surface area contributed by atoms with Gasteiger partial charge in [-0.3, -0.25) is 34.1 Å². The van der Waals surface area contributed by atoms with E-state index in [0.29, 0.717) is 51.7 Å². The Labute approximate surface area is 315 Å². The molecule has 54 heavy (non-hydrogen) atoms. The van der Waals surface area contributed by atoms with Crippen molar-refractivity contribution in [1.29, 1.82) is 0 Å². The number of hydrogen-bond donors (Lipinski definition) is 7. The average molecular weight is 771 g/mol. The van der Waals surface area contributed by atoms with Crippen LogP contribution in [0.5, 0.6) is 0 Å². The highest BCUT2D eigenvalue weighted by molar-refractivity contribution is 5.85. The number of aliphatic carboxylic acids is 2. The Balaban J connectivity index is 1.92. The number of carbonyl (C=O) groups is 7. The summed E-state index contributed by atoms with van der Waals surface area (Å²) in [5, 5.41) is 29.2. The molecule has 1 aromatic heterocycles. The average Bonchev–Trinajstić information content (AvgIpc) is 3.66. The van der Waals surface area contributed by atoms with Crippen LogP contribution < -0.4 is 21.3 Å². The maximum absolute atomic E-state index is 12.1. The first kappa shape index (κ1) is 47.7. The first-order chi connectivity index (χ1) is 26.0. The number of ketones is 2. The summed E-state index contributed by atoms with van der Waals surface area (Å²) in [6.07, 6.45) is 6.96. The van der Waals surface area contributed by atoms with Gasteiger partial charge in [0.25, 0.3) is 0 Å². The molecular formula is C35H58N6O13. The zero-order valence-electron chi connectivity index (χ0n) is 31.2. The van der Waals surface area contributed by atoms with Gasteiger partial charge in [0.1, 0.15) is 36.9 Å². The molecule has 19 heteroatoms. The molecule has 0 aliphatic carbocycles. The Hall–Kier alpha value is -4.30. The number of aryl methyl sites for hydroxylation is 1. The Kier molecular flexibility index (Phi) is 27.5. The first-order valence-corrected chi connectivity index (χ1v) is 18.3. The van der Waals surface area contributed by atoms with Gasteiger partial charge in [-0.05, 0) is 44.9 Å². The number of carboxylic acids is 2. The number of nitrogens with zero attached hydrogens (tertiary/aromatic N) is 1. The lowest BCUT2D eigenvalue weighted by Gasteiger charge is -2.14. The summed E-state index contributed by atoms with van der Waals surface area (Å²) >= 11 is 0. The quantitative estimate of drug-likeness (QED) is 0.0440. The van der Waals surface area contributed by atoms with Gasteiger partial charge >= 0.3 is 11.9 Å². The van der Waals surface area contributed by atoms with E-state index in [4.69, 9.17) is 18.9 Å². The van der Waals surface area contributed by atoms with Gasteiger partial charge in [0, 0.05) is 57.3 Å². The van der Waals surface area contributed by atoms with E-state index in [-0.39, 0.29) is 121 Å². The molecule has 0 aromatic carbocycles. The highest BCUT2D eigenvalue weighted by Gasteiger charge is 2.21. The lowest BCUT2D eigenvalue weighted by molar-refractivity contribution is -0.142. The maximum atomic E-state index is 12.1. The number of amides is 3. The molecule has 0 saturated carbocycles. The molecule has 0 aliphatic rings. The summed E-state index contributed by atoms with van der Waals surface area (Å²) in [6, 6.07) is -1.94. The normalized spacial score (nSPS) is 12.1. The van der Waals surface area contributed by atoms with Crippen LogP contribution in [0, 0.1) is 0 Å². The second-order valence-electron chi connectivity index (χ2n) is 12.3. The highest BCUT2D eigenvalue weighted by atomic mass is 16.5. The van der Waals surface area contributed by atoms with Crippen molar-refractivity contribution in [3.8, 4) is 0 Å². The SMILES string of the molecule is CCCC(=O)N[C@@H](CCC(=O)CCCOCCOCC(=O)NCCOCCOCC(=O)NCCCC[C@H](NCC(=O)CCc1cnc[nH]1)C(=O)O)C(=O)O. The van der Waals surface area contributed by atoms with E-state index in [1.807, 2.05) is 6.92 Å². The number of hydrogen-bond acceptors (Lipinski definition) is 13. The van der Waals surface area contributed by atoms with E-state index >= 15 is 0 Å². The second kappa shape index (κ2) is 31.1. The highest BCUT2D eigenvalue weighted by Crippen LogP contribution is 2.05. The molecule has 0 fully saturated rings. The molecule has 7 N–H and O–H groups in total. The van der Waals surface area contributed by atoms with E-state index < -0.39 is 24.0 Å². The molecule has 3 amide bonds. The van der Waals surface area contributed by atoms with Crippen LogP contribution in [-0.2, 0) is 58.9 Å². The van der Waals surface area contributed by atoms with Crippen LogP contribution in [-0.4, -0.2) is 146 Å². The molecule has 0 radical (unpaired) electrons. The summed E-state index contributed by atoms with van der Waals surface area (Å²) in [7, 11) is 0. The number of ether oxygens (including phenoxy) is 4. The van der Waals surface area contributed by atoms with Crippen molar-refractivity contribution >= 4 is 41.2 Å². The fourth-order valence-corrected chi connectivity index (χ4v) is 4.72. The van der Waals surface area contributed by atoms with Crippen LogP contribution in [0.15, 0.2) is 12.5 Å². The van der Waals surface area contributed by atoms with Gasteiger partial charge in [-0.15, -0.1) is 0 Å². The van der Waals surface area contributed by atoms with Crippen LogP contribution in [0.2, 0.25) is 0 Å². The van der Waals surface area contributed by atoms with Crippen molar-refractivity contribution < 1.29 is 62.7 Å². The summed E-state index contributed by atoms with van der Waals surface area (Å²) in [5.41, 5.74) is 0.839. The van der Waals surface area contributed by atoms with E-state index in [9.17, 15) is 43.8 Å². The summed E-state index contributed by atoms with van der Waals surface area (Å²) in [4.78, 5) is 89.1. The molecule has 2 atom stereocenters. The fraction of sp³-hybridized carbons (Fsp3) is 0.714. The van der Waals surface area contributed by atoms with E-state index in [0.717, 1.165) is 5.69 Å². The number of nitrogens with one attached hydrogen (secondary N) is 5. The van der Waals surface area contributed by atoms with E-state index in [1.165, 1.54) is 6.33 Å². The van der Waals surface area contributed by atoms with E-state index in [1.54, 1.807) is 6.20 Å². The van der Waals surface area contributed by atoms with Gasteiger partial charge in [-0.2, -0.15) is 0 Å². The van der Waals surface area contributed by atoms with Gasteiger partial charge in [0.15, 0.2) is 0 Å². The van der Waals surface area contributed by atoms with Crippen molar-refractivity contribution in [2.45, 2.75) is 89.6 Å². The van der Waals surface area contributed by atoms with Gasteiger partial charge in [-0.1, -0.05) is 6.92 Å². The van der Waals surface area contributed by atoms with Crippen molar-refractivity contribution in [2.75, 3.05) is 72.5 Å². The van der Waals surface area contributed by atoms with Crippen molar-refractivity contribution in [3.63, 3.8) is 0 Å². The molecule has 1 rings (SSSR count). The number of carbonyl (C=O) groups excluding carboxylic acids is 5. The van der Waals surface area contributed by atoms with Crippen molar-refractivity contribution in [3.05, 3.63) is 18.2 Å².